The molecular formula is C13H18O3. The number of methoxy groups -OCH3 is 1. The van der Waals surface area contributed by atoms with Gasteiger partial charge in [0, 0.05) is 12.2 Å². The molecule has 1 unspecified atom stereocenters. The Labute approximate surface area is 96.0 Å². The second-order valence-corrected chi connectivity index (χ2v) is 4.24. The summed E-state index contributed by atoms with van der Waals surface area (Å²) in [6.45, 7) is 1.11. The van der Waals surface area contributed by atoms with Crippen LogP contribution >= 0.6 is 0 Å². The van der Waals surface area contributed by atoms with Crippen LogP contribution in [0.25, 0.3) is 0 Å². The van der Waals surface area contributed by atoms with E-state index in [1.54, 1.807) is 7.11 Å². The maximum Gasteiger partial charge on any atom is 0.124 e. The molecule has 0 radical (unpaired) electrons. The molecule has 0 aliphatic heterocycles. The summed E-state index contributed by atoms with van der Waals surface area (Å²) in [6, 6.07) is 7.49. The van der Waals surface area contributed by atoms with Crippen LogP contribution in [-0.4, -0.2) is 25.4 Å². The van der Waals surface area contributed by atoms with Crippen LogP contribution < -0.4 is 4.74 Å². The van der Waals surface area contributed by atoms with Crippen molar-refractivity contribution < 1.29 is 14.6 Å². The van der Waals surface area contributed by atoms with Gasteiger partial charge < -0.3 is 14.6 Å². The lowest BCUT2D eigenvalue weighted by atomic mass is 10.1. The molecule has 2 rings (SSSR count). The first kappa shape index (κ1) is 11.4. The summed E-state index contributed by atoms with van der Waals surface area (Å²) in [5.41, 5.74) is 0.792. The summed E-state index contributed by atoms with van der Waals surface area (Å²) in [4.78, 5) is 0. The van der Waals surface area contributed by atoms with Gasteiger partial charge in [0.15, 0.2) is 0 Å². The molecule has 0 spiro atoms. The van der Waals surface area contributed by atoms with Gasteiger partial charge in [-0.1, -0.05) is 18.2 Å². The highest BCUT2D eigenvalue weighted by Gasteiger charge is 2.22. The Morgan fingerprint density at radius 3 is 2.81 bits per heavy atom. The second kappa shape index (κ2) is 5.32. The van der Waals surface area contributed by atoms with E-state index in [-0.39, 0.29) is 0 Å². The van der Waals surface area contributed by atoms with Gasteiger partial charge in [-0.15, -0.1) is 0 Å². The molecule has 1 N–H and O–H groups in total. The number of hydrogen-bond donors (Lipinski definition) is 1. The first-order valence-electron chi connectivity index (χ1n) is 5.70. The summed E-state index contributed by atoms with van der Waals surface area (Å²) >= 11 is 0. The van der Waals surface area contributed by atoms with E-state index >= 15 is 0 Å². The van der Waals surface area contributed by atoms with Crippen molar-refractivity contribution in [2.75, 3.05) is 20.3 Å². The predicted octanol–water partition coefficient (Wildman–Crippen LogP) is 2.16. The van der Waals surface area contributed by atoms with E-state index in [1.807, 2.05) is 24.3 Å². The molecule has 1 atom stereocenters. The van der Waals surface area contributed by atoms with Crippen molar-refractivity contribution >= 4 is 0 Å². The number of para-hydroxylation sites is 1. The maximum absolute atomic E-state index is 9.96. The number of benzene rings is 1. The van der Waals surface area contributed by atoms with Gasteiger partial charge in [0.05, 0.1) is 13.7 Å². The predicted molar refractivity (Wildman–Crippen MR) is 61.5 cm³/mol. The quantitative estimate of drug-likeness (QED) is 0.801. The van der Waals surface area contributed by atoms with Crippen LogP contribution in [0.3, 0.4) is 0 Å². The zero-order chi connectivity index (χ0) is 11.4. The fourth-order valence-electron chi connectivity index (χ4n) is 1.66. The Balaban J connectivity index is 1.87. The van der Waals surface area contributed by atoms with E-state index in [4.69, 9.17) is 9.47 Å². The molecular weight excluding hydrogens is 204 g/mol. The van der Waals surface area contributed by atoms with Gasteiger partial charge in [0.2, 0.25) is 0 Å². The number of aliphatic hydroxyl groups excluding tert-OH is 1. The van der Waals surface area contributed by atoms with Gasteiger partial charge in [0.1, 0.15) is 11.9 Å². The standard InChI is InChI=1S/C13H18O3/c1-15-13-5-3-2-4-11(13)12(14)9-16-8-10-6-7-10/h2-5,10,12,14H,6-9H2,1H3. The van der Waals surface area contributed by atoms with Crippen molar-refractivity contribution in [1.29, 1.82) is 0 Å². The highest BCUT2D eigenvalue weighted by Crippen LogP contribution is 2.30. The number of rotatable bonds is 6. The smallest absolute Gasteiger partial charge is 0.124 e. The van der Waals surface area contributed by atoms with E-state index in [0.717, 1.165) is 18.1 Å². The van der Waals surface area contributed by atoms with Crippen LogP contribution in [0.1, 0.15) is 24.5 Å². The minimum absolute atomic E-state index is 0.344. The first-order valence-corrected chi connectivity index (χ1v) is 5.70. The molecule has 1 aliphatic rings. The summed E-state index contributed by atoms with van der Waals surface area (Å²) in [6.07, 6.45) is 1.94. The molecule has 88 valence electrons. The minimum atomic E-state index is -0.602. The lowest BCUT2D eigenvalue weighted by molar-refractivity contribution is 0.0304. The normalized spacial score (nSPS) is 17.1. The van der Waals surface area contributed by atoms with Crippen molar-refractivity contribution in [2.24, 2.45) is 5.92 Å². The number of hydrogen-bond acceptors (Lipinski definition) is 3. The minimum Gasteiger partial charge on any atom is -0.496 e. The van der Waals surface area contributed by atoms with Crippen LogP contribution in [0.2, 0.25) is 0 Å². The van der Waals surface area contributed by atoms with Crippen LogP contribution in [0.5, 0.6) is 5.75 Å². The van der Waals surface area contributed by atoms with Crippen molar-refractivity contribution in [3.05, 3.63) is 29.8 Å². The second-order valence-electron chi connectivity index (χ2n) is 4.24. The van der Waals surface area contributed by atoms with Crippen LogP contribution in [0.15, 0.2) is 24.3 Å². The molecule has 0 aromatic heterocycles. The maximum atomic E-state index is 9.96. The average Bonchev–Trinajstić information content (AvgIpc) is 3.13. The highest BCUT2D eigenvalue weighted by atomic mass is 16.5. The molecule has 0 amide bonds. The summed E-state index contributed by atoms with van der Waals surface area (Å²) in [5, 5.41) is 9.96. The van der Waals surface area contributed by atoms with Crippen molar-refractivity contribution in [1.82, 2.24) is 0 Å². The zero-order valence-electron chi connectivity index (χ0n) is 9.56. The SMILES string of the molecule is COc1ccccc1C(O)COCC1CC1. The molecule has 0 bridgehead atoms. The Kier molecular flexibility index (Phi) is 3.80. The van der Waals surface area contributed by atoms with E-state index in [9.17, 15) is 5.11 Å². The van der Waals surface area contributed by atoms with Crippen LogP contribution in [0, 0.1) is 5.92 Å². The fraction of sp³-hybridized carbons (Fsp3) is 0.538. The molecule has 0 heterocycles. The molecule has 16 heavy (non-hydrogen) atoms. The summed E-state index contributed by atoms with van der Waals surface area (Å²) in [7, 11) is 1.61. The highest BCUT2D eigenvalue weighted by molar-refractivity contribution is 5.34. The third-order valence-corrected chi connectivity index (χ3v) is 2.82. The van der Waals surface area contributed by atoms with E-state index in [0.29, 0.717) is 12.4 Å². The molecule has 1 aromatic rings. The Hall–Kier alpha value is -1.06. The fourth-order valence-corrected chi connectivity index (χ4v) is 1.66. The Morgan fingerprint density at radius 2 is 2.12 bits per heavy atom. The Bertz CT molecular complexity index is 334. The van der Waals surface area contributed by atoms with E-state index in [2.05, 4.69) is 0 Å². The third kappa shape index (κ3) is 2.97. The molecule has 1 saturated carbocycles. The zero-order valence-corrected chi connectivity index (χ0v) is 9.56. The van der Waals surface area contributed by atoms with Gasteiger partial charge >= 0.3 is 0 Å². The lowest BCUT2D eigenvalue weighted by Gasteiger charge is -2.14. The lowest BCUT2D eigenvalue weighted by Crippen LogP contribution is -2.09. The van der Waals surface area contributed by atoms with Crippen LogP contribution in [0.4, 0.5) is 0 Å². The first-order chi connectivity index (χ1) is 7.81. The van der Waals surface area contributed by atoms with Gasteiger partial charge in [-0.25, -0.2) is 0 Å². The van der Waals surface area contributed by atoms with Crippen molar-refractivity contribution in [3.8, 4) is 5.75 Å². The van der Waals surface area contributed by atoms with Gasteiger partial charge in [-0.05, 0) is 24.8 Å². The van der Waals surface area contributed by atoms with E-state index in [1.165, 1.54) is 12.8 Å². The molecule has 3 heteroatoms. The molecule has 1 aromatic carbocycles. The molecule has 1 fully saturated rings. The number of aliphatic hydroxyl groups is 1. The van der Waals surface area contributed by atoms with Gasteiger partial charge in [-0.3, -0.25) is 0 Å². The van der Waals surface area contributed by atoms with Gasteiger partial charge in [0.25, 0.3) is 0 Å². The molecule has 3 nitrogen and oxygen atoms in total. The molecule has 1 aliphatic carbocycles. The topological polar surface area (TPSA) is 38.7 Å². The van der Waals surface area contributed by atoms with Crippen molar-refractivity contribution in [3.63, 3.8) is 0 Å². The van der Waals surface area contributed by atoms with Crippen LogP contribution in [-0.2, 0) is 4.74 Å². The molecule has 0 saturated heterocycles. The summed E-state index contributed by atoms with van der Waals surface area (Å²) < 4.78 is 10.7. The number of ether oxygens (including phenoxy) is 2. The summed E-state index contributed by atoms with van der Waals surface area (Å²) in [5.74, 6) is 1.44. The largest absolute Gasteiger partial charge is 0.496 e. The average molecular weight is 222 g/mol. The third-order valence-electron chi connectivity index (χ3n) is 2.82. The van der Waals surface area contributed by atoms with Gasteiger partial charge in [-0.2, -0.15) is 0 Å². The monoisotopic (exact) mass is 222 g/mol. The van der Waals surface area contributed by atoms with E-state index < -0.39 is 6.10 Å². The van der Waals surface area contributed by atoms with Crippen molar-refractivity contribution in [2.45, 2.75) is 18.9 Å². The Morgan fingerprint density at radius 1 is 1.38 bits per heavy atom.